The number of carbonyl (C=O) groups excluding carboxylic acids is 1. The van der Waals surface area contributed by atoms with Crippen molar-refractivity contribution in [2.45, 2.75) is 39.4 Å². The molecule has 0 bridgehead atoms. The van der Waals surface area contributed by atoms with E-state index in [1.807, 2.05) is 17.7 Å². The summed E-state index contributed by atoms with van der Waals surface area (Å²) in [5.74, 6) is 6.61. The van der Waals surface area contributed by atoms with Crippen molar-refractivity contribution in [3.63, 3.8) is 0 Å². The van der Waals surface area contributed by atoms with Crippen molar-refractivity contribution < 1.29 is 18.0 Å². The van der Waals surface area contributed by atoms with Gasteiger partial charge in [0, 0.05) is 30.6 Å². The minimum atomic E-state index is -4.52. The van der Waals surface area contributed by atoms with Gasteiger partial charge < -0.3 is 10.6 Å². The van der Waals surface area contributed by atoms with Crippen LogP contribution >= 0.6 is 12.4 Å². The number of nitrogens with two attached hydrogens (primary N) is 1. The second-order valence-electron chi connectivity index (χ2n) is 10.4. The molecule has 7 nitrogen and oxygen atoms in total. The van der Waals surface area contributed by atoms with Gasteiger partial charge in [0.1, 0.15) is 17.8 Å². The first-order valence-electron chi connectivity index (χ1n) is 13.0. The van der Waals surface area contributed by atoms with Crippen molar-refractivity contribution in [3.05, 3.63) is 81.8 Å². The average Bonchev–Trinajstić information content (AvgIpc) is 3.47. The third kappa shape index (κ3) is 6.53. The summed E-state index contributed by atoms with van der Waals surface area (Å²) in [6.07, 6.45) is -2.08. The van der Waals surface area contributed by atoms with E-state index in [4.69, 9.17) is 10.8 Å². The Labute approximate surface area is 242 Å². The van der Waals surface area contributed by atoms with Crippen molar-refractivity contribution >= 4 is 35.0 Å². The highest BCUT2D eigenvalue weighted by Crippen LogP contribution is 2.32. The fraction of sp³-hybridized carbons (Fsp3) is 0.333. The van der Waals surface area contributed by atoms with Crippen LogP contribution in [0.5, 0.6) is 0 Å². The van der Waals surface area contributed by atoms with Crippen LogP contribution in [0.4, 0.5) is 19.0 Å². The van der Waals surface area contributed by atoms with E-state index in [1.165, 1.54) is 25.4 Å². The molecule has 0 amide bonds. The van der Waals surface area contributed by atoms with Gasteiger partial charge in [0.15, 0.2) is 11.4 Å². The predicted octanol–water partition coefficient (Wildman–Crippen LogP) is 5.24. The first kappa shape index (κ1) is 30.0. The van der Waals surface area contributed by atoms with E-state index in [-0.39, 0.29) is 30.0 Å². The Balaban J connectivity index is 0.00000387. The van der Waals surface area contributed by atoms with Crippen LogP contribution in [-0.2, 0) is 19.1 Å². The number of carbonyl (C=O) groups is 1. The molecule has 41 heavy (non-hydrogen) atoms. The second kappa shape index (κ2) is 11.9. The Morgan fingerprint density at radius 2 is 1.85 bits per heavy atom. The molecule has 0 aliphatic carbocycles. The second-order valence-corrected chi connectivity index (χ2v) is 10.4. The highest BCUT2D eigenvalue weighted by atomic mass is 35.5. The summed E-state index contributed by atoms with van der Waals surface area (Å²) in [6, 6.07) is 9.08. The largest absolute Gasteiger partial charge is 0.416 e. The van der Waals surface area contributed by atoms with Gasteiger partial charge in [-0.25, -0.2) is 14.6 Å². The third-order valence-corrected chi connectivity index (χ3v) is 7.33. The Kier molecular flexibility index (Phi) is 8.71. The van der Waals surface area contributed by atoms with Crippen molar-refractivity contribution in [3.8, 4) is 11.8 Å². The minimum Gasteiger partial charge on any atom is -0.383 e. The van der Waals surface area contributed by atoms with Crippen molar-refractivity contribution in [1.29, 1.82) is 0 Å². The van der Waals surface area contributed by atoms with E-state index in [9.17, 15) is 18.0 Å². The Morgan fingerprint density at radius 1 is 1.10 bits per heavy atom. The topological polar surface area (TPSA) is 89.9 Å². The van der Waals surface area contributed by atoms with Crippen LogP contribution in [0.15, 0.2) is 42.7 Å². The number of Topliss-reactive ketones (excluding diaryl/α,β-unsaturated/α-hetero) is 1. The number of likely N-dealkylation sites (tertiary alicyclic amines) is 1. The molecule has 4 aromatic rings. The van der Waals surface area contributed by atoms with Crippen LogP contribution in [-0.4, -0.2) is 50.6 Å². The number of fused-ring (bicyclic) bond motifs is 1. The van der Waals surface area contributed by atoms with Gasteiger partial charge in [-0.1, -0.05) is 30.2 Å². The monoisotopic (exact) mass is 582 g/mol. The number of benzene rings is 2. The Bertz CT molecular complexity index is 1670. The lowest BCUT2D eigenvalue weighted by molar-refractivity contribution is -0.138. The molecule has 1 fully saturated rings. The van der Waals surface area contributed by atoms with Gasteiger partial charge in [-0.05, 0) is 74.5 Å². The molecule has 5 rings (SSSR count). The molecular weight excluding hydrogens is 553 g/mol. The number of nitrogen functional groups attached to an aromatic ring is 1. The number of hydrogen-bond acceptors (Lipinski definition) is 6. The van der Waals surface area contributed by atoms with Gasteiger partial charge in [0.2, 0.25) is 0 Å². The molecule has 214 valence electrons. The van der Waals surface area contributed by atoms with E-state index in [0.29, 0.717) is 46.1 Å². The smallest absolute Gasteiger partial charge is 0.383 e. The van der Waals surface area contributed by atoms with Crippen LogP contribution in [0.2, 0.25) is 0 Å². The number of alkyl halides is 3. The highest BCUT2D eigenvalue weighted by Gasteiger charge is 2.33. The van der Waals surface area contributed by atoms with Crippen LogP contribution < -0.4 is 5.73 Å². The van der Waals surface area contributed by atoms with E-state index < -0.39 is 17.5 Å². The summed E-state index contributed by atoms with van der Waals surface area (Å²) in [5, 5.41) is 5.33. The summed E-state index contributed by atoms with van der Waals surface area (Å²) in [5.41, 5.74) is 8.82. The Hall–Kier alpha value is -3.94. The van der Waals surface area contributed by atoms with Crippen LogP contribution in [0.3, 0.4) is 0 Å². The normalized spacial score (nSPS) is 15.4. The maximum atomic E-state index is 13.3. The lowest BCUT2D eigenvalue weighted by Crippen LogP contribution is -2.17. The molecule has 2 N–H and O–H groups in total. The molecule has 2 aromatic carbocycles. The number of ketones is 1. The lowest BCUT2D eigenvalue weighted by atomic mass is 9.96. The molecule has 1 atom stereocenters. The number of rotatable bonds is 5. The third-order valence-electron chi connectivity index (χ3n) is 7.33. The fourth-order valence-corrected chi connectivity index (χ4v) is 5.09. The molecule has 1 saturated heterocycles. The highest BCUT2D eigenvalue weighted by molar-refractivity contribution is 5.98. The zero-order valence-electron chi connectivity index (χ0n) is 22.9. The van der Waals surface area contributed by atoms with Crippen LogP contribution in [0.1, 0.15) is 50.3 Å². The summed E-state index contributed by atoms with van der Waals surface area (Å²) in [4.78, 5) is 23.7. The van der Waals surface area contributed by atoms with Gasteiger partial charge >= 0.3 is 6.18 Å². The van der Waals surface area contributed by atoms with Gasteiger partial charge in [0.05, 0.1) is 10.9 Å². The first-order valence-corrected chi connectivity index (χ1v) is 13.0. The molecule has 1 aliphatic rings. The zero-order valence-corrected chi connectivity index (χ0v) is 23.7. The van der Waals surface area contributed by atoms with Gasteiger partial charge in [0.25, 0.3) is 0 Å². The standard InChI is InChI=1S/C30H29F3N6O.ClH/c1-18-4-6-20(13-26(40)23-7-5-19(2)24(14-23)30(31,32)33)12-22(18)8-9-25-27-28(34)35-17-36-29(27)39(37-25)16-21-10-11-38(3)15-21;/h4-7,12,14,17,21H,10-11,13,15-16H2,1-3H3,(H2,34,35,36);1H. The van der Waals surface area contributed by atoms with Gasteiger partial charge in [-0.2, -0.15) is 18.3 Å². The fourth-order valence-electron chi connectivity index (χ4n) is 5.09. The van der Waals surface area contributed by atoms with Crippen molar-refractivity contribution in [1.82, 2.24) is 24.6 Å². The van der Waals surface area contributed by atoms with Gasteiger partial charge in [-0.3, -0.25) is 4.79 Å². The SMILES string of the molecule is Cc1ccc(CC(=O)c2ccc(C)c(C(F)(F)F)c2)cc1C#Cc1nn(CC2CCN(C)C2)c2ncnc(N)c12.Cl. The minimum absolute atomic E-state index is 0. The van der Waals surface area contributed by atoms with Gasteiger partial charge in [-0.15, -0.1) is 12.4 Å². The predicted molar refractivity (Wildman–Crippen MR) is 154 cm³/mol. The van der Waals surface area contributed by atoms with Crippen molar-refractivity contribution in [2.75, 3.05) is 25.9 Å². The van der Waals surface area contributed by atoms with E-state index in [2.05, 4.69) is 33.8 Å². The number of hydrogen-bond donors (Lipinski definition) is 1. The number of halogens is 4. The van der Waals surface area contributed by atoms with Crippen molar-refractivity contribution in [2.24, 2.45) is 5.92 Å². The number of nitrogens with zero attached hydrogens (tertiary/aromatic N) is 5. The van der Waals surface area contributed by atoms with E-state index in [1.54, 1.807) is 12.1 Å². The Morgan fingerprint density at radius 3 is 2.56 bits per heavy atom. The molecule has 0 spiro atoms. The average molecular weight is 583 g/mol. The molecule has 3 heterocycles. The van der Waals surface area contributed by atoms with Crippen LogP contribution in [0, 0.1) is 31.6 Å². The quantitative estimate of drug-likeness (QED) is 0.256. The molecule has 1 aliphatic heterocycles. The zero-order chi connectivity index (χ0) is 28.6. The van der Waals surface area contributed by atoms with E-state index >= 15 is 0 Å². The maximum absolute atomic E-state index is 13.3. The molecule has 0 radical (unpaired) electrons. The number of aromatic nitrogens is 4. The summed E-state index contributed by atoms with van der Waals surface area (Å²) >= 11 is 0. The summed E-state index contributed by atoms with van der Waals surface area (Å²) in [7, 11) is 2.10. The number of aryl methyl sites for hydroxylation is 2. The molecule has 11 heteroatoms. The number of anilines is 1. The van der Waals surface area contributed by atoms with Crippen LogP contribution in [0.25, 0.3) is 11.0 Å². The molecule has 2 aromatic heterocycles. The first-order chi connectivity index (χ1) is 19.0. The maximum Gasteiger partial charge on any atom is 0.416 e. The van der Waals surface area contributed by atoms with E-state index in [0.717, 1.165) is 31.1 Å². The molecular formula is C30H30ClF3N6O. The summed E-state index contributed by atoms with van der Waals surface area (Å²) in [6.45, 7) is 5.99. The molecule has 1 unspecified atom stereocenters. The summed E-state index contributed by atoms with van der Waals surface area (Å²) < 4.78 is 41.8. The lowest BCUT2D eigenvalue weighted by Gasteiger charge is -2.12. The molecule has 0 saturated carbocycles.